The summed E-state index contributed by atoms with van der Waals surface area (Å²) in [6.45, 7) is 4.25. The fourth-order valence-electron chi connectivity index (χ4n) is 2.17. The molecule has 5 nitrogen and oxygen atoms in total. The second-order valence-electron chi connectivity index (χ2n) is 4.24. The first-order valence-corrected chi connectivity index (χ1v) is 4.73. The highest BCUT2D eigenvalue weighted by atomic mass is 16.2. The lowest BCUT2D eigenvalue weighted by Gasteiger charge is -2.45. The van der Waals surface area contributed by atoms with Gasteiger partial charge in [-0.05, 0) is 26.7 Å². The number of rotatable bonds is 1. The van der Waals surface area contributed by atoms with Crippen molar-refractivity contribution in [3.63, 3.8) is 0 Å². The first kappa shape index (κ1) is 10.8. The number of piperidine rings is 1. The molecule has 0 aromatic rings. The number of hydrogen-bond acceptors (Lipinski definition) is 2. The highest BCUT2D eigenvalue weighted by molar-refractivity contribution is 5.80. The van der Waals surface area contributed by atoms with Gasteiger partial charge in [-0.3, -0.25) is 4.79 Å². The van der Waals surface area contributed by atoms with Crippen molar-refractivity contribution >= 4 is 11.9 Å². The second-order valence-corrected chi connectivity index (χ2v) is 4.24. The van der Waals surface area contributed by atoms with E-state index in [2.05, 4.69) is 0 Å². The van der Waals surface area contributed by atoms with Crippen LogP contribution in [0.1, 0.15) is 26.7 Å². The Kier molecular flexibility index (Phi) is 2.69. The summed E-state index contributed by atoms with van der Waals surface area (Å²) in [6, 6.07) is -0.485. The minimum atomic E-state index is -0.560. The SMILES string of the molecule is CC1(C)C(C(N)=O)CCCN1C(N)=O. The molecule has 4 N–H and O–H groups in total. The summed E-state index contributed by atoms with van der Waals surface area (Å²) >= 11 is 0. The highest BCUT2D eigenvalue weighted by Crippen LogP contribution is 2.32. The minimum Gasteiger partial charge on any atom is -0.369 e. The molecule has 0 spiro atoms. The Hall–Kier alpha value is -1.26. The zero-order chi connectivity index (χ0) is 10.9. The van der Waals surface area contributed by atoms with Crippen molar-refractivity contribution in [2.75, 3.05) is 6.54 Å². The molecule has 0 bridgehead atoms. The normalized spacial score (nSPS) is 25.9. The van der Waals surface area contributed by atoms with Gasteiger partial charge in [-0.15, -0.1) is 0 Å². The lowest BCUT2D eigenvalue weighted by atomic mass is 9.79. The number of primary amides is 2. The zero-order valence-electron chi connectivity index (χ0n) is 8.62. The van der Waals surface area contributed by atoms with Crippen LogP contribution in [0.2, 0.25) is 0 Å². The maximum absolute atomic E-state index is 11.2. The van der Waals surface area contributed by atoms with Gasteiger partial charge in [-0.2, -0.15) is 0 Å². The van der Waals surface area contributed by atoms with E-state index in [-0.39, 0.29) is 11.8 Å². The van der Waals surface area contributed by atoms with E-state index in [1.165, 1.54) is 4.90 Å². The summed E-state index contributed by atoms with van der Waals surface area (Å²) in [5.41, 5.74) is 9.97. The number of carbonyl (C=O) groups is 2. The van der Waals surface area contributed by atoms with Crippen LogP contribution in [0.5, 0.6) is 0 Å². The number of carbonyl (C=O) groups excluding carboxylic acids is 2. The van der Waals surface area contributed by atoms with Gasteiger partial charge in [0.1, 0.15) is 0 Å². The van der Waals surface area contributed by atoms with Gasteiger partial charge in [0.05, 0.1) is 11.5 Å². The molecule has 1 rings (SSSR count). The van der Waals surface area contributed by atoms with Gasteiger partial charge >= 0.3 is 6.03 Å². The van der Waals surface area contributed by atoms with Crippen LogP contribution < -0.4 is 11.5 Å². The summed E-state index contributed by atoms with van der Waals surface area (Å²) in [5, 5.41) is 0. The maximum Gasteiger partial charge on any atom is 0.315 e. The monoisotopic (exact) mass is 199 g/mol. The van der Waals surface area contributed by atoms with Crippen molar-refractivity contribution in [1.29, 1.82) is 0 Å². The molecule has 80 valence electrons. The van der Waals surface area contributed by atoms with Crippen LogP contribution in [0.4, 0.5) is 4.79 Å². The van der Waals surface area contributed by atoms with E-state index < -0.39 is 11.6 Å². The van der Waals surface area contributed by atoms with Crippen molar-refractivity contribution in [2.24, 2.45) is 17.4 Å². The van der Waals surface area contributed by atoms with Gasteiger partial charge in [0.15, 0.2) is 0 Å². The van der Waals surface area contributed by atoms with Crippen LogP contribution in [0, 0.1) is 5.92 Å². The Bertz CT molecular complexity index is 239. The largest absolute Gasteiger partial charge is 0.369 e. The number of nitrogens with zero attached hydrogens (tertiary/aromatic N) is 1. The Morgan fingerprint density at radius 3 is 2.36 bits per heavy atom. The van der Waals surface area contributed by atoms with Gasteiger partial charge in [0, 0.05) is 6.54 Å². The van der Waals surface area contributed by atoms with Crippen LogP contribution >= 0.6 is 0 Å². The molecule has 1 saturated heterocycles. The zero-order valence-corrected chi connectivity index (χ0v) is 8.62. The third-order valence-electron chi connectivity index (χ3n) is 3.03. The third-order valence-corrected chi connectivity index (χ3v) is 3.03. The lowest BCUT2D eigenvalue weighted by molar-refractivity contribution is -0.127. The van der Waals surface area contributed by atoms with E-state index in [9.17, 15) is 9.59 Å². The summed E-state index contributed by atoms with van der Waals surface area (Å²) < 4.78 is 0. The molecule has 1 aliphatic rings. The molecule has 5 heteroatoms. The molecule has 3 amide bonds. The standard InChI is InChI=1S/C9H17N3O2/c1-9(2)6(7(10)13)4-3-5-12(9)8(11)14/h6H,3-5H2,1-2H3,(H2,10,13)(H2,11,14). The van der Waals surface area contributed by atoms with Gasteiger partial charge < -0.3 is 16.4 Å². The van der Waals surface area contributed by atoms with Gasteiger partial charge in [-0.25, -0.2) is 4.79 Å². The molecule has 0 aromatic heterocycles. The quantitative estimate of drug-likeness (QED) is 0.624. The average molecular weight is 199 g/mol. The molecule has 14 heavy (non-hydrogen) atoms. The number of urea groups is 1. The molecule has 0 saturated carbocycles. The predicted molar refractivity (Wildman–Crippen MR) is 52.3 cm³/mol. The molecule has 1 atom stereocenters. The molecule has 1 heterocycles. The van der Waals surface area contributed by atoms with Crippen molar-refractivity contribution in [3.05, 3.63) is 0 Å². The molecule has 0 aromatic carbocycles. The molecule has 1 aliphatic heterocycles. The van der Waals surface area contributed by atoms with E-state index in [4.69, 9.17) is 11.5 Å². The van der Waals surface area contributed by atoms with Crippen molar-refractivity contribution in [1.82, 2.24) is 4.90 Å². The van der Waals surface area contributed by atoms with Crippen LogP contribution in [0.3, 0.4) is 0 Å². The van der Waals surface area contributed by atoms with E-state index in [1.54, 1.807) is 0 Å². The first-order chi connectivity index (χ1) is 6.37. The molecule has 1 fully saturated rings. The first-order valence-electron chi connectivity index (χ1n) is 4.73. The van der Waals surface area contributed by atoms with E-state index in [0.29, 0.717) is 6.54 Å². The number of hydrogen-bond donors (Lipinski definition) is 2. The predicted octanol–water partition coefficient (Wildman–Crippen LogP) is 0.0410. The molecular weight excluding hydrogens is 182 g/mol. The molecule has 1 unspecified atom stereocenters. The van der Waals surface area contributed by atoms with Crippen LogP contribution in [0.15, 0.2) is 0 Å². The van der Waals surface area contributed by atoms with E-state index in [0.717, 1.165) is 12.8 Å². The Morgan fingerprint density at radius 2 is 1.93 bits per heavy atom. The highest BCUT2D eigenvalue weighted by Gasteiger charge is 2.43. The van der Waals surface area contributed by atoms with Crippen LogP contribution in [0.25, 0.3) is 0 Å². The Balaban J connectivity index is 2.92. The van der Waals surface area contributed by atoms with Crippen LogP contribution in [-0.4, -0.2) is 28.9 Å². The summed E-state index contributed by atoms with van der Waals surface area (Å²) in [6.07, 6.45) is 1.51. The smallest absolute Gasteiger partial charge is 0.315 e. The summed E-state index contributed by atoms with van der Waals surface area (Å²) in [5.74, 6) is -0.662. The van der Waals surface area contributed by atoms with Gasteiger partial charge in [0.25, 0.3) is 0 Å². The lowest BCUT2D eigenvalue weighted by Crippen LogP contribution is -2.60. The maximum atomic E-state index is 11.2. The molecule has 0 radical (unpaired) electrons. The van der Waals surface area contributed by atoms with Gasteiger partial charge in [-0.1, -0.05) is 0 Å². The summed E-state index contributed by atoms with van der Waals surface area (Å²) in [7, 11) is 0. The summed E-state index contributed by atoms with van der Waals surface area (Å²) in [4.78, 5) is 23.8. The number of amides is 3. The average Bonchev–Trinajstić information content (AvgIpc) is 2.01. The number of likely N-dealkylation sites (tertiary alicyclic amines) is 1. The second kappa shape index (κ2) is 3.48. The third kappa shape index (κ3) is 1.66. The minimum absolute atomic E-state index is 0.302. The Labute approximate surface area is 83.4 Å². The fourth-order valence-corrected chi connectivity index (χ4v) is 2.17. The topological polar surface area (TPSA) is 89.4 Å². The van der Waals surface area contributed by atoms with E-state index >= 15 is 0 Å². The fraction of sp³-hybridized carbons (Fsp3) is 0.778. The Morgan fingerprint density at radius 1 is 1.36 bits per heavy atom. The van der Waals surface area contributed by atoms with E-state index in [1.807, 2.05) is 13.8 Å². The molecular formula is C9H17N3O2. The van der Waals surface area contributed by atoms with Crippen molar-refractivity contribution in [2.45, 2.75) is 32.2 Å². The van der Waals surface area contributed by atoms with Crippen molar-refractivity contribution < 1.29 is 9.59 Å². The molecule has 0 aliphatic carbocycles. The van der Waals surface area contributed by atoms with Crippen molar-refractivity contribution in [3.8, 4) is 0 Å². The number of nitrogens with two attached hydrogens (primary N) is 2. The van der Waals surface area contributed by atoms with Gasteiger partial charge in [0.2, 0.25) is 5.91 Å². The van der Waals surface area contributed by atoms with Crippen LogP contribution in [-0.2, 0) is 4.79 Å².